The summed E-state index contributed by atoms with van der Waals surface area (Å²) in [5, 5.41) is 3.34. The molecule has 4 rings (SSSR count). The van der Waals surface area contributed by atoms with Crippen molar-refractivity contribution in [1.82, 2.24) is 14.8 Å². The minimum Gasteiger partial charge on any atom is -0.463 e. The molecule has 2 aliphatic rings. The monoisotopic (exact) mass is 413 g/mol. The molecule has 30 heavy (non-hydrogen) atoms. The Balaban J connectivity index is 1.67. The van der Waals surface area contributed by atoms with Crippen molar-refractivity contribution in [2.45, 2.75) is 78.4 Å². The number of rotatable bonds is 5. The smallest absolute Gasteiger partial charge is 0.271 e. The summed E-state index contributed by atoms with van der Waals surface area (Å²) < 4.78 is 7.49. The fourth-order valence-corrected chi connectivity index (χ4v) is 5.12. The summed E-state index contributed by atoms with van der Waals surface area (Å²) in [4.78, 5) is 29.0. The first-order chi connectivity index (χ1) is 14.2. The summed E-state index contributed by atoms with van der Waals surface area (Å²) in [7, 11) is 0. The topological polar surface area (TPSA) is 67.5 Å². The molecular weight excluding hydrogens is 378 g/mol. The van der Waals surface area contributed by atoms with Gasteiger partial charge in [0.1, 0.15) is 11.2 Å². The molecule has 0 radical (unpaired) electrons. The Labute approximate surface area is 179 Å². The zero-order chi connectivity index (χ0) is 21.6. The van der Waals surface area contributed by atoms with Crippen molar-refractivity contribution in [3.8, 4) is 0 Å². The lowest BCUT2D eigenvalue weighted by molar-refractivity contribution is -0.134. The molecule has 1 N–H and O–H groups in total. The van der Waals surface area contributed by atoms with Crippen LogP contribution in [0.1, 0.15) is 70.8 Å². The molecular formula is C24H35N3O3. The second-order valence-electron chi connectivity index (χ2n) is 10.0. The summed E-state index contributed by atoms with van der Waals surface area (Å²) >= 11 is 0. The Hall–Kier alpha value is -2.24. The van der Waals surface area contributed by atoms with E-state index in [0.29, 0.717) is 42.1 Å². The first kappa shape index (κ1) is 21.0. The number of carbonyl (C=O) groups is 2. The van der Waals surface area contributed by atoms with Crippen molar-refractivity contribution in [1.29, 1.82) is 0 Å². The van der Waals surface area contributed by atoms with Gasteiger partial charge in [0, 0.05) is 24.7 Å². The predicted molar refractivity (Wildman–Crippen MR) is 117 cm³/mol. The molecule has 0 spiro atoms. The van der Waals surface area contributed by atoms with Crippen molar-refractivity contribution in [2.75, 3.05) is 6.54 Å². The maximum atomic E-state index is 13.7. The van der Waals surface area contributed by atoms with Crippen molar-refractivity contribution in [3.63, 3.8) is 0 Å². The molecule has 0 aromatic carbocycles. The molecule has 2 amide bonds. The SMILES string of the molecule is CC(C)CCN1C(=O)c2cc3occc3n2C[C@]1(C)C(=O)N[C@@H]1CCC[C@@H](C)[C@H]1C. The molecule has 1 aliphatic heterocycles. The van der Waals surface area contributed by atoms with E-state index in [4.69, 9.17) is 4.42 Å². The maximum Gasteiger partial charge on any atom is 0.271 e. The average molecular weight is 414 g/mol. The van der Waals surface area contributed by atoms with Crippen molar-refractivity contribution < 1.29 is 14.0 Å². The molecule has 1 fully saturated rings. The van der Waals surface area contributed by atoms with Gasteiger partial charge < -0.3 is 19.2 Å². The Morgan fingerprint density at radius 2 is 2.10 bits per heavy atom. The van der Waals surface area contributed by atoms with Gasteiger partial charge in [-0.3, -0.25) is 9.59 Å². The average Bonchev–Trinajstić information content (AvgIpc) is 3.27. The molecule has 4 atom stereocenters. The summed E-state index contributed by atoms with van der Waals surface area (Å²) in [5.74, 6) is 1.37. The quantitative estimate of drug-likeness (QED) is 0.788. The van der Waals surface area contributed by atoms with E-state index in [0.717, 1.165) is 24.8 Å². The van der Waals surface area contributed by atoms with Gasteiger partial charge in [-0.05, 0) is 37.5 Å². The van der Waals surface area contributed by atoms with Crippen LogP contribution in [0.5, 0.6) is 0 Å². The van der Waals surface area contributed by atoms with Gasteiger partial charge in [0.25, 0.3) is 5.91 Å². The van der Waals surface area contributed by atoms with Crippen LogP contribution in [0.25, 0.3) is 11.1 Å². The molecule has 1 saturated carbocycles. The largest absolute Gasteiger partial charge is 0.463 e. The van der Waals surface area contributed by atoms with Crippen LogP contribution in [-0.4, -0.2) is 39.4 Å². The van der Waals surface area contributed by atoms with E-state index >= 15 is 0 Å². The summed E-state index contributed by atoms with van der Waals surface area (Å²) in [5.41, 5.74) is 1.25. The van der Waals surface area contributed by atoms with E-state index in [-0.39, 0.29) is 17.9 Å². The number of aromatic nitrogens is 1. The zero-order valence-electron chi connectivity index (χ0n) is 18.9. The Morgan fingerprint density at radius 1 is 1.33 bits per heavy atom. The highest BCUT2D eigenvalue weighted by Gasteiger charge is 2.48. The number of hydrogen-bond donors (Lipinski definition) is 1. The molecule has 6 nitrogen and oxygen atoms in total. The number of carbonyl (C=O) groups excluding carboxylic acids is 2. The number of nitrogens with one attached hydrogen (secondary N) is 1. The second-order valence-corrected chi connectivity index (χ2v) is 10.0. The van der Waals surface area contributed by atoms with Crippen LogP contribution in [0.15, 0.2) is 22.8 Å². The molecule has 3 heterocycles. The van der Waals surface area contributed by atoms with E-state index in [1.165, 1.54) is 6.42 Å². The number of amides is 2. The van der Waals surface area contributed by atoms with Gasteiger partial charge in [-0.1, -0.05) is 40.5 Å². The van der Waals surface area contributed by atoms with E-state index < -0.39 is 5.54 Å². The highest BCUT2D eigenvalue weighted by molar-refractivity contribution is 6.02. The van der Waals surface area contributed by atoms with E-state index in [9.17, 15) is 9.59 Å². The normalized spacial score (nSPS) is 29.5. The summed E-state index contributed by atoms with van der Waals surface area (Å²) in [6, 6.07) is 3.85. The molecule has 2 aromatic rings. The van der Waals surface area contributed by atoms with Gasteiger partial charge >= 0.3 is 0 Å². The fraction of sp³-hybridized carbons (Fsp3) is 0.667. The van der Waals surface area contributed by atoms with Gasteiger partial charge in [-0.25, -0.2) is 0 Å². The molecule has 0 unspecified atom stereocenters. The maximum absolute atomic E-state index is 13.7. The van der Waals surface area contributed by atoms with E-state index in [1.54, 1.807) is 11.2 Å². The molecule has 1 aliphatic carbocycles. The Bertz CT molecular complexity index is 943. The third kappa shape index (κ3) is 3.44. The van der Waals surface area contributed by atoms with Crippen molar-refractivity contribution in [2.24, 2.45) is 17.8 Å². The number of hydrogen-bond acceptors (Lipinski definition) is 3. The lowest BCUT2D eigenvalue weighted by Crippen LogP contribution is -2.65. The van der Waals surface area contributed by atoms with Gasteiger partial charge in [0.15, 0.2) is 5.58 Å². The molecule has 2 aromatic heterocycles. The van der Waals surface area contributed by atoms with Crippen molar-refractivity contribution >= 4 is 22.9 Å². The Morgan fingerprint density at radius 3 is 2.83 bits per heavy atom. The van der Waals surface area contributed by atoms with Gasteiger partial charge in [-0.15, -0.1) is 0 Å². The summed E-state index contributed by atoms with van der Waals surface area (Å²) in [6.45, 7) is 11.7. The van der Waals surface area contributed by atoms with Gasteiger partial charge in [0.2, 0.25) is 5.91 Å². The fourth-order valence-electron chi connectivity index (χ4n) is 5.12. The first-order valence-corrected chi connectivity index (χ1v) is 11.4. The lowest BCUT2D eigenvalue weighted by Gasteiger charge is -2.46. The number of furan rings is 1. The first-order valence-electron chi connectivity index (χ1n) is 11.4. The third-order valence-corrected chi connectivity index (χ3v) is 7.49. The predicted octanol–water partition coefficient (Wildman–Crippen LogP) is 4.44. The van der Waals surface area contributed by atoms with Gasteiger partial charge in [0.05, 0.1) is 18.3 Å². The summed E-state index contributed by atoms with van der Waals surface area (Å²) in [6.07, 6.45) is 5.86. The lowest BCUT2D eigenvalue weighted by atomic mass is 9.77. The van der Waals surface area contributed by atoms with E-state index in [1.807, 2.05) is 23.6 Å². The zero-order valence-corrected chi connectivity index (χ0v) is 18.9. The molecule has 0 saturated heterocycles. The Kier molecular flexibility index (Phi) is 5.45. The third-order valence-electron chi connectivity index (χ3n) is 7.49. The van der Waals surface area contributed by atoms with Crippen LogP contribution in [0.2, 0.25) is 0 Å². The van der Waals surface area contributed by atoms with Gasteiger partial charge in [-0.2, -0.15) is 0 Å². The molecule has 164 valence electrons. The highest BCUT2D eigenvalue weighted by Crippen LogP contribution is 2.35. The second kappa shape index (κ2) is 7.78. The standard InChI is InChI=1S/C24H35N3O3/c1-15(2)9-11-27-22(28)20-13-21-19(10-12-30-21)26(20)14-24(27,5)23(29)25-18-8-6-7-16(3)17(18)4/h10,12-13,15-18H,6-9,11,14H2,1-5H3,(H,25,29)/t16-,17-,18-,24-/m1/s1. The van der Waals surface area contributed by atoms with Crippen molar-refractivity contribution in [3.05, 3.63) is 24.1 Å². The number of nitrogens with zero attached hydrogens (tertiary/aromatic N) is 2. The minimum absolute atomic E-state index is 0.0402. The highest BCUT2D eigenvalue weighted by atomic mass is 16.3. The van der Waals surface area contributed by atoms with Crippen LogP contribution in [-0.2, 0) is 11.3 Å². The van der Waals surface area contributed by atoms with Crippen LogP contribution in [0.4, 0.5) is 0 Å². The molecule has 0 bridgehead atoms. The number of fused-ring (bicyclic) bond motifs is 3. The van der Waals surface area contributed by atoms with Crippen LogP contribution in [0, 0.1) is 17.8 Å². The van der Waals surface area contributed by atoms with E-state index in [2.05, 4.69) is 33.0 Å². The van der Waals surface area contributed by atoms with Crippen LogP contribution in [0.3, 0.4) is 0 Å². The molecule has 6 heteroatoms. The van der Waals surface area contributed by atoms with Crippen LogP contribution >= 0.6 is 0 Å². The minimum atomic E-state index is -0.928. The van der Waals surface area contributed by atoms with Crippen LogP contribution < -0.4 is 5.32 Å².